The highest BCUT2D eigenvalue weighted by atomic mass is 35.5. The van der Waals surface area contributed by atoms with E-state index in [1.165, 1.54) is 23.1 Å². The van der Waals surface area contributed by atoms with Crippen molar-refractivity contribution in [3.63, 3.8) is 0 Å². The van der Waals surface area contributed by atoms with Crippen LogP contribution in [-0.2, 0) is 21.0 Å². The number of rotatable bonds is 6. The van der Waals surface area contributed by atoms with E-state index in [2.05, 4.69) is 20.8 Å². The Labute approximate surface area is 193 Å². The maximum atomic E-state index is 12.9. The number of benzene rings is 2. The summed E-state index contributed by atoms with van der Waals surface area (Å²) in [4.78, 5) is 31.1. The molecule has 0 aliphatic carbocycles. The van der Waals surface area contributed by atoms with Crippen molar-refractivity contribution in [3.8, 4) is 11.8 Å². The van der Waals surface area contributed by atoms with Gasteiger partial charge in [0.05, 0.1) is 23.9 Å². The molecule has 2 unspecified atom stereocenters. The Hall–Kier alpha value is -3.85. The monoisotopic (exact) mass is 467 g/mol. The minimum Gasteiger partial charge on any atom is -0.378 e. The van der Waals surface area contributed by atoms with E-state index in [1.807, 2.05) is 6.07 Å². The molecule has 2 atom stereocenters. The number of hydrogen-bond acceptors (Lipinski definition) is 8. The second kappa shape index (κ2) is 9.74. The molecule has 0 bridgehead atoms. The molecule has 33 heavy (non-hydrogen) atoms. The number of aliphatic hydroxyl groups is 1. The van der Waals surface area contributed by atoms with Crippen LogP contribution < -0.4 is 5.32 Å². The Morgan fingerprint density at radius 3 is 2.94 bits per heavy atom. The molecule has 2 aromatic carbocycles. The summed E-state index contributed by atoms with van der Waals surface area (Å²) >= 11 is 6.11. The fraction of sp³-hybridized carbons (Fsp3) is 0.238. The van der Waals surface area contributed by atoms with Gasteiger partial charge < -0.3 is 10.4 Å². The van der Waals surface area contributed by atoms with Crippen LogP contribution in [0.2, 0.25) is 5.02 Å². The number of nitrogens with one attached hydrogen (secondary N) is 1. The molecule has 0 radical (unpaired) electrons. The molecule has 12 heteroatoms. The second-order valence-corrected chi connectivity index (χ2v) is 7.62. The maximum absolute atomic E-state index is 12.9. The van der Waals surface area contributed by atoms with E-state index in [9.17, 15) is 14.7 Å². The fourth-order valence-corrected chi connectivity index (χ4v) is 3.65. The van der Waals surface area contributed by atoms with E-state index in [0.717, 1.165) is 5.06 Å². The molecule has 0 spiro atoms. The van der Waals surface area contributed by atoms with Crippen molar-refractivity contribution in [1.29, 1.82) is 5.26 Å². The topological polar surface area (TPSA) is 146 Å². The first-order chi connectivity index (χ1) is 16.0. The summed E-state index contributed by atoms with van der Waals surface area (Å²) in [5, 5.41) is 34.7. The quantitative estimate of drug-likeness (QED) is 0.547. The number of hydroxylamine groups is 2. The van der Waals surface area contributed by atoms with Crippen molar-refractivity contribution in [1.82, 2.24) is 30.6 Å². The SMILES string of the molecule is N#Cc1cccc(C(O)C(=O)N2OCCC2C(=O)NCc2cc(Cl)ccc2-n2cnnn2)c1. The molecule has 1 aliphatic rings. The van der Waals surface area contributed by atoms with Gasteiger partial charge in [0.1, 0.15) is 12.4 Å². The number of aromatic nitrogens is 4. The number of carbonyl (C=O) groups is 2. The predicted molar refractivity (Wildman–Crippen MR) is 113 cm³/mol. The molecule has 11 nitrogen and oxygen atoms in total. The summed E-state index contributed by atoms with van der Waals surface area (Å²) in [5.41, 5.74) is 1.83. The molecule has 168 valence electrons. The summed E-state index contributed by atoms with van der Waals surface area (Å²) in [7, 11) is 0. The zero-order chi connectivity index (χ0) is 23.4. The number of tetrazole rings is 1. The standard InChI is InChI=1S/C21H18ClN7O4/c22-16-4-5-17(28-12-25-26-27-28)15(9-16)11-24-20(31)18-6-7-33-29(18)21(32)19(30)14-3-1-2-13(8-14)10-23/h1-5,8-9,12,18-19,30H,6-7,11H2,(H,24,31). The average Bonchev–Trinajstić information content (AvgIpc) is 3.54. The minimum absolute atomic E-state index is 0.0971. The number of nitriles is 1. The Morgan fingerprint density at radius 1 is 1.33 bits per heavy atom. The molecule has 0 saturated carbocycles. The van der Waals surface area contributed by atoms with Crippen LogP contribution in [0.25, 0.3) is 5.69 Å². The van der Waals surface area contributed by atoms with Gasteiger partial charge in [-0.15, -0.1) is 5.10 Å². The van der Waals surface area contributed by atoms with Gasteiger partial charge in [-0.1, -0.05) is 23.7 Å². The molecule has 3 aromatic rings. The Balaban J connectivity index is 1.46. The molecule has 2 amide bonds. The van der Waals surface area contributed by atoms with E-state index < -0.39 is 24.0 Å². The zero-order valence-corrected chi connectivity index (χ0v) is 17.9. The Bertz CT molecular complexity index is 1210. The van der Waals surface area contributed by atoms with Crippen molar-refractivity contribution >= 4 is 23.4 Å². The van der Waals surface area contributed by atoms with Gasteiger partial charge in [-0.05, 0) is 51.9 Å². The van der Waals surface area contributed by atoms with Crippen LogP contribution in [0.15, 0.2) is 48.8 Å². The van der Waals surface area contributed by atoms with E-state index >= 15 is 0 Å². The number of halogens is 1. The normalized spacial score (nSPS) is 16.3. The highest BCUT2D eigenvalue weighted by Gasteiger charge is 2.39. The lowest BCUT2D eigenvalue weighted by Crippen LogP contribution is -2.46. The molecule has 2 heterocycles. The van der Waals surface area contributed by atoms with E-state index in [-0.39, 0.29) is 25.1 Å². The van der Waals surface area contributed by atoms with E-state index in [1.54, 1.807) is 30.3 Å². The lowest BCUT2D eigenvalue weighted by Gasteiger charge is -2.24. The van der Waals surface area contributed by atoms with Crippen molar-refractivity contribution in [2.45, 2.75) is 25.1 Å². The van der Waals surface area contributed by atoms with Crippen LogP contribution in [0.3, 0.4) is 0 Å². The third-order valence-electron chi connectivity index (χ3n) is 5.08. The summed E-state index contributed by atoms with van der Waals surface area (Å²) in [6, 6.07) is 12.2. The van der Waals surface area contributed by atoms with Crippen molar-refractivity contribution in [2.75, 3.05) is 6.61 Å². The fourth-order valence-electron chi connectivity index (χ4n) is 3.46. The van der Waals surface area contributed by atoms with Crippen LogP contribution >= 0.6 is 11.6 Å². The summed E-state index contributed by atoms with van der Waals surface area (Å²) in [6.45, 7) is 0.238. The molecule has 1 fully saturated rings. The number of carbonyl (C=O) groups excluding carboxylic acids is 2. The summed E-state index contributed by atoms with van der Waals surface area (Å²) < 4.78 is 1.44. The lowest BCUT2D eigenvalue weighted by molar-refractivity contribution is -0.187. The van der Waals surface area contributed by atoms with Gasteiger partial charge >= 0.3 is 0 Å². The van der Waals surface area contributed by atoms with E-state index in [4.69, 9.17) is 21.7 Å². The Morgan fingerprint density at radius 2 is 2.18 bits per heavy atom. The second-order valence-electron chi connectivity index (χ2n) is 7.19. The number of nitrogens with zero attached hydrogens (tertiary/aromatic N) is 6. The number of aliphatic hydroxyl groups excluding tert-OH is 1. The molecule has 1 aromatic heterocycles. The largest absolute Gasteiger partial charge is 0.378 e. The van der Waals surface area contributed by atoms with Gasteiger partial charge in [0.25, 0.3) is 5.91 Å². The molecular weight excluding hydrogens is 450 g/mol. The molecule has 1 saturated heterocycles. The Kier molecular flexibility index (Phi) is 6.60. The highest BCUT2D eigenvalue weighted by Crippen LogP contribution is 2.24. The third kappa shape index (κ3) is 4.83. The van der Waals surface area contributed by atoms with Gasteiger partial charge in [-0.3, -0.25) is 14.4 Å². The van der Waals surface area contributed by atoms with Crippen molar-refractivity contribution < 1.29 is 19.5 Å². The first kappa shape index (κ1) is 22.3. The first-order valence-electron chi connectivity index (χ1n) is 9.91. The van der Waals surface area contributed by atoms with Gasteiger partial charge in [-0.2, -0.15) is 5.26 Å². The van der Waals surface area contributed by atoms with Crippen LogP contribution in [0.4, 0.5) is 0 Å². The van der Waals surface area contributed by atoms with Crippen LogP contribution in [-0.4, -0.2) is 54.8 Å². The van der Waals surface area contributed by atoms with Crippen LogP contribution in [0, 0.1) is 11.3 Å². The van der Waals surface area contributed by atoms with Crippen molar-refractivity contribution in [2.24, 2.45) is 0 Å². The van der Waals surface area contributed by atoms with Gasteiger partial charge in [0.2, 0.25) is 5.91 Å². The first-order valence-corrected chi connectivity index (χ1v) is 10.3. The number of hydrogen-bond donors (Lipinski definition) is 2. The zero-order valence-electron chi connectivity index (χ0n) is 17.1. The van der Waals surface area contributed by atoms with E-state index in [0.29, 0.717) is 21.8 Å². The molecular formula is C21H18ClN7O4. The van der Waals surface area contributed by atoms with Gasteiger partial charge in [-0.25, -0.2) is 9.75 Å². The predicted octanol–water partition coefficient (Wildman–Crippen LogP) is 1.07. The van der Waals surface area contributed by atoms with Crippen LogP contribution in [0.5, 0.6) is 0 Å². The highest BCUT2D eigenvalue weighted by molar-refractivity contribution is 6.30. The number of amides is 2. The molecule has 4 rings (SSSR count). The van der Waals surface area contributed by atoms with Gasteiger partial charge in [0, 0.05) is 18.0 Å². The summed E-state index contributed by atoms with van der Waals surface area (Å²) in [6.07, 6.45) is 0.103. The van der Waals surface area contributed by atoms with Crippen molar-refractivity contribution in [3.05, 3.63) is 70.5 Å². The lowest BCUT2D eigenvalue weighted by atomic mass is 10.1. The molecule has 2 N–H and O–H groups in total. The third-order valence-corrected chi connectivity index (χ3v) is 5.32. The minimum atomic E-state index is -1.58. The maximum Gasteiger partial charge on any atom is 0.280 e. The molecule has 1 aliphatic heterocycles. The average molecular weight is 468 g/mol. The van der Waals surface area contributed by atoms with Gasteiger partial charge in [0.15, 0.2) is 6.10 Å². The smallest absolute Gasteiger partial charge is 0.280 e. The van der Waals surface area contributed by atoms with Crippen LogP contribution in [0.1, 0.15) is 29.2 Å². The summed E-state index contributed by atoms with van der Waals surface area (Å²) in [5.74, 6) is -1.25.